The van der Waals surface area contributed by atoms with Crippen molar-refractivity contribution in [2.75, 3.05) is 0 Å². The SMILES string of the molecule is CCC[C@H](NC(=O)[C@@H](C)OC(=O)c1cc(C(C)=O)c[nH]1)c1ccccc1. The van der Waals surface area contributed by atoms with Crippen molar-refractivity contribution in [2.24, 2.45) is 0 Å². The lowest BCUT2D eigenvalue weighted by atomic mass is 10.0. The Balaban J connectivity index is 1.98. The molecule has 2 atom stereocenters. The number of amides is 1. The van der Waals surface area contributed by atoms with E-state index in [1.807, 2.05) is 37.3 Å². The summed E-state index contributed by atoms with van der Waals surface area (Å²) in [5.41, 5.74) is 1.54. The van der Waals surface area contributed by atoms with Crippen LogP contribution in [0.5, 0.6) is 0 Å². The van der Waals surface area contributed by atoms with E-state index >= 15 is 0 Å². The van der Waals surface area contributed by atoms with Crippen LogP contribution in [0.2, 0.25) is 0 Å². The number of rotatable bonds is 8. The first-order valence-corrected chi connectivity index (χ1v) is 8.68. The zero-order valence-electron chi connectivity index (χ0n) is 15.2. The molecule has 0 spiro atoms. The Bertz CT molecular complexity index is 767. The first-order valence-electron chi connectivity index (χ1n) is 8.68. The van der Waals surface area contributed by atoms with Gasteiger partial charge in [0.15, 0.2) is 11.9 Å². The van der Waals surface area contributed by atoms with E-state index < -0.39 is 12.1 Å². The third-order valence-electron chi connectivity index (χ3n) is 4.06. The Labute approximate surface area is 152 Å². The first kappa shape index (κ1) is 19.4. The van der Waals surface area contributed by atoms with Crippen molar-refractivity contribution in [3.63, 3.8) is 0 Å². The molecule has 6 heteroatoms. The molecular weight excluding hydrogens is 332 g/mol. The van der Waals surface area contributed by atoms with Crippen molar-refractivity contribution in [3.05, 3.63) is 59.4 Å². The number of H-pyrrole nitrogens is 1. The van der Waals surface area contributed by atoms with Crippen molar-refractivity contribution in [1.82, 2.24) is 10.3 Å². The Morgan fingerprint density at radius 1 is 1.19 bits per heavy atom. The minimum absolute atomic E-state index is 0.135. The number of carbonyl (C=O) groups is 3. The molecule has 6 nitrogen and oxygen atoms in total. The van der Waals surface area contributed by atoms with Crippen LogP contribution >= 0.6 is 0 Å². The fraction of sp³-hybridized carbons (Fsp3) is 0.350. The van der Waals surface area contributed by atoms with Gasteiger partial charge in [-0.3, -0.25) is 9.59 Å². The van der Waals surface area contributed by atoms with Crippen LogP contribution in [0.1, 0.15) is 66.1 Å². The maximum atomic E-state index is 12.4. The van der Waals surface area contributed by atoms with Crippen molar-refractivity contribution in [1.29, 1.82) is 0 Å². The molecule has 2 rings (SSSR count). The Kier molecular flexibility index (Phi) is 6.72. The van der Waals surface area contributed by atoms with Crippen molar-refractivity contribution in [2.45, 2.75) is 45.8 Å². The van der Waals surface area contributed by atoms with Crippen LogP contribution in [0.4, 0.5) is 0 Å². The molecule has 1 amide bonds. The molecule has 0 fully saturated rings. The van der Waals surface area contributed by atoms with Crippen molar-refractivity contribution >= 4 is 17.7 Å². The van der Waals surface area contributed by atoms with E-state index in [0.717, 1.165) is 18.4 Å². The second kappa shape index (κ2) is 8.99. The lowest BCUT2D eigenvalue weighted by molar-refractivity contribution is -0.129. The van der Waals surface area contributed by atoms with Gasteiger partial charge in [0, 0.05) is 11.8 Å². The second-order valence-electron chi connectivity index (χ2n) is 6.17. The van der Waals surface area contributed by atoms with Crippen molar-refractivity contribution < 1.29 is 19.1 Å². The number of carbonyl (C=O) groups excluding carboxylic acids is 3. The zero-order valence-corrected chi connectivity index (χ0v) is 15.2. The number of ketones is 1. The van der Waals surface area contributed by atoms with Gasteiger partial charge in [0.25, 0.3) is 5.91 Å². The molecular formula is C20H24N2O4. The van der Waals surface area contributed by atoms with Gasteiger partial charge in [-0.25, -0.2) is 4.79 Å². The third-order valence-corrected chi connectivity index (χ3v) is 4.06. The number of hydrogen-bond acceptors (Lipinski definition) is 4. The molecule has 0 aliphatic carbocycles. The summed E-state index contributed by atoms with van der Waals surface area (Å²) in [6.45, 7) is 4.98. The van der Waals surface area contributed by atoms with Crippen LogP contribution in [-0.4, -0.2) is 28.7 Å². The van der Waals surface area contributed by atoms with E-state index in [0.29, 0.717) is 5.56 Å². The summed E-state index contributed by atoms with van der Waals surface area (Å²) < 4.78 is 5.21. The summed E-state index contributed by atoms with van der Waals surface area (Å²) in [6.07, 6.45) is 2.19. The zero-order chi connectivity index (χ0) is 19.1. The summed E-state index contributed by atoms with van der Waals surface area (Å²) in [7, 11) is 0. The Morgan fingerprint density at radius 3 is 2.46 bits per heavy atom. The third kappa shape index (κ3) is 5.05. The highest BCUT2D eigenvalue weighted by Gasteiger charge is 2.23. The number of aromatic nitrogens is 1. The summed E-state index contributed by atoms with van der Waals surface area (Å²) in [5.74, 6) is -1.19. The standard InChI is InChI=1S/C20H24N2O4/c1-4-8-17(15-9-6-5-7-10-15)22-19(24)14(3)26-20(25)18-11-16(12-21-18)13(2)23/h5-7,9-12,14,17,21H,4,8H2,1-3H3,(H,22,24)/t14-,17+/m1/s1. The lowest BCUT2D eigenvalue weighted by Gasteiger charge is -2.21. The first-order chi connectivity index (χ1) is 12.4. The molecule has 0 aliphatic rings. The fourth-order valence-electron chi connectivity index (χ4n) is 2.58. The minimum atomic E-state index is -0.949. The average molecular weight is 356 g/mol. The highest BCUT2D eigenvalue weighted by molar-refractivity contribution is 5.98. The molecule has 0 bridgehead atoms. The highest BCUT2D eigenvalue weighted by atomic mass is 16.5. The summed E-state index contributed by atoms with van der Waals surface area (Å²) in [5, 5.41) is 2.93. The molecule has 0 saturated heterocycles. The van der Waals surface area contributed by atoms with Gasteiger partial charge >= 0.3 is 5.97 Å². The second-order valence-corrected chi connectivity index (χ2v) is 6.17. The van der Waals surface area contributed by atoms with E-state index in [1.54, 1.807) is 0 Å². The number of esters is 1. The maximum absolute atomic E-state index is 12.4. The summed E-state index contributed by atoms with van der Waals surface area (Å²) >= 11 is 0. The Hall–Kier alpha value is -2.89. The average Bonchev–Trinajstić information content (AvgIpc) is 3.12. The number of hydrogen-bond donors (Lipinski definition) is 2. The number of Topliss-reactive ketones (excluding diaryl/α,β-unsaturated/α-hetero) is 1. The van der Waals surface area contributed by atoms with Gasteiger partial charge in [0.2, 0.25) is 0 Å². The lowest BCUT2D eigenvalue weighted by Crippen LogP contribution is -2.38. The van der Waals surface area contributed by atoms with E-state index in [4.69, 9.17) is 4.74 Å². The van der Waals surface area contributed by atoms with Crippen LogP contribution in [-0.2, 0) is 9.53 Å². The number of ether oxygens (including phenoxy) is 1. The number of aromatic amines is 1. The fourth-order valence-corrected chi connectivity index (χ4v) is 2.58. The van der Waals surface area contributed by atoms with E-state index in [1.165, 1.54) is 26.1 Å². The van der Waals surface area contributed by atoms with Gasteiger partial charge in [-0.15, -0.1) is 0 Å². The molecule has 0 aliphatic heterocycles. The van der Waals surface area contributed by atoms with Crippen LogP contribution < -0.4 is 5.32 Å². The van der Waals surface area contributed by atoms with Gasteiger partial charge in [-0.1, -0.05) is 43.7 Å². The normalized spacial score (nSPS) is 12.9. The molecule has 2 aromatic rings. The topological polar surface area (TPSA) is 88.3 Å². The van der Waals surface area contributed by atoms with Gasteiger partial charge in [0.05, 0.1) is 6.04 Å². The van der Waals surface area contributed by atoms with Crippen molar-refractivity contribution in [3.8, 4) is 0 Å². The number of benzene rings is 1. The number of nitrogens with one attached hydrogen (secondary N) is 2. The molecule has 0 unspecified atom stereocenters. The predicted octanol–water partition coefficient (Wildman–Crippen LogP) is 3.42. The minimum Gasteiger partial charge on any atom is -0.448 e. The summed E-state index contributed by atoms with van der Waals surface area (Å²) in [6, 6.07) is 11.0. The molecule has 1 heterocycles. The summed E-state index contributed by atoms with van der Waals surface area (Å²) in [4.78, 5) is 38.5. The van der Waals surface area contributed by atoms with Crippen LogP contribution in [0.25, 0.3) is 0 Å². The van der Waals surface area contributed by atoms with Crippen LogP contribution in [0.3, 0.4) is 0 Å². The van der Waals surface area contributed by atoms with Gasteiger partial charge in [0.1, 0.15) is 5.69 Å². The molecule has 1 aromatic heterocycles. The largest absolute Gasteiger partial charge is 0.448 e. The van der Waals surface area contributed by atoms with E-state index in [-0.39, 0.29) is 23.4 Å². The van der Waals surface area contributed by atoms with Crippen LogP contribution in [0.15, 0.2) is 42.6 Å². The van der Waals surface area contributed by atoms with E-state index in [2.05, 4.69) is 10.3 Å². The molecule has 138 valence electrons. The molecule has 1 aromatic carbocycles. The van der Waals surface area contributed by atoms with Gasteiger partial charge < -0.3 is 15.0 Å². The van der Waals surface area contributed by atoms with Crippen LogP contribution in [0, 0.1) is 0 Å². The monoisotopic (exact) mass is 356 g/mol. The quantitative estimate of drug-likeness (QED) is 0.560. The molecule has 26 heavy (non-hydrogen) atoms. The molecule has 0 saturated carbocycles. The Morgan fingerprint density at radius 2 is 1.88 bits per heavy atom. The molecule has 2 N–H and O–H groups in total. The molecule has 0 radical (unpaired) electrons. The predicted molar refractivity (Wildman–Crippen MR) is 97.9 cm³/mol. The van der Waals surface area contributed by atoms with E-state index in [9.17, 15) is 14.4 Å². The van der Waals surface area contributed by atoms with Gasteiger partial charge in [-0.05, 0) is 31.9 Å². The van der Waals surface area contributed by atoms with Gasteiger partial charge in [-0.2, -0.15) is 0 Å². The maximum Gasteiger partial charge on any atom is 0.355 e. The smallest absolute Gasteiger partial charge is 0.355 e. The highest BCUT2D eigenvalue weighted by Crippen LogP contribution is 2.18.